The Morgan fingerprint density at radius 2 is 2.12 bits per heavy atom. The maximum Gasteiger partial charge on any atom is 0.417 e. The highest BCUT2D eigenvalue weighted by Crippen LogP contribution is 2.12. The first-order chi connectivity index (χ1) is 8.13. The molecule has 0 aliphatic rings. The molecular formula is C10H12N2O4S. The second kappa shape index (κ2) is 6.74. The van der Waals surface area contributed by atoms with E-state index in [-0.39, 0.29) is 12.3 Å². The minimum absolute atomic E-state index is 0.0136. The second-order valence-corrected chi connectivity index (χ2v) is 4.10. The molecule has 7 heteroatoms. The van der Waals surface area contributed by atoms with Crippen molar-refractivity contribution >= 4 is 23.7 Å². The second-order valence-electron chi connectivity index (χ2n) is 3.03. The number of nitro benzene ring substituents is 1. The zero-order valence-electron chi connectivity index (χ0n) is 9.21. The molecule has 0 aliphatic heterocycles. The molecule has 6 nitrogen and oxygen atoms in total. The van der Waals surface area contributed by atoms with Crippen molar-refractivity contribution in [3.63, 3.8) is 0 Å². The molecule has 0 radical (unpaired) electrons. The van der Waals surface area contributed by atoms with E-state index in [9.17, 15) is 14.9 Å². The van der Waals surface area contributed by atoms with E-state index in [1.54, 1.807) is 12.1 Å². The number of carbonyl (C=O) groups is 1. The van der Waals surface area contributed by atoms with Crippen molar-refractivity contribution in [1.29, 1.82) is 0 Å². The average Bonchev–Trinajstić information content (AvgIpc) is 2.34. The molecule has 92 valence electrons. The van der Waals surface area contributed by atoms with Crippen LogP contribution in [-0.2, 0) is 11.3 Å². The van der Waals surface area contributed by atoms with E-state index in [1.807, 2.05) is 6.92 Å². The highest BCUT2D eigenvalue weighted by atomic mass is 32.2. The number of benzene rings is 1. The van der Waals surface area contributed by atoms with Crippen molar-refractivity contribution in [3.8, 4) is 0 Å². The Kier molecular flexibility index (Phi) is 5.28. The number of hydrogen-bond donors (Lipinski definition) is 1. The Morgan fingerprint density at radius 1 is 1.47 bits per heavy atom. The van der Waals surface area contributed by atoms with Crippen molar-refractivity contribution in [2.24, 2.45) is 0 Å². The molecule has 0 heterocycles. The minimum atomic E-state index is -0.518. The fourth-order valence-corrected chi connectivity index (χ4v) is 1.34. The maximum absolute atomic E-state index is 11.1. The van der Waals surface area contributed by atoms with Gasteiger partial charge in [-0.25, -0.2) is 4.79 Å². The van der Waals surface area contributed by atoms with E-state index in [0.29, 0.717) is 5.56 Å². The number of nitrogens with zero attached hydrogens (tertiary/aromatic N) is 1. The Morgan fingerprint density at radius 3 is 2.65 bits per heavy atom. The standard InChI is InChI=1S/C10H12N2O4S/c1-2-17-11-10(13)16-7-8-3-5-9(6-4-8)12(14)15/h3-6H,2,7H2,1H3,(H,11,13). The van der Waals surface area contributed by atoms with E-state index in [2.05, 4.69) is 4.72 Å². The normalized spacial score (nSPS) is 9.71. The molecule has 0 unspecified atom stereocenters. The summed E-state index contributed by atoms with van der Waals surface area (Å²) in [5, 5.41) is 10.4. The molecule has 1 aromatic carbocycles. The Bertz CT molecular complexity index is 394. The van der Waals surface area contributed by atoms with Gasteiger partial charge < -0.3 is 4.74 Å². The summed E-state index contributed by atoms with van der Waals surface area (Å²) in [6.07, 6.45) is -0.518. The first-order valence-electron chi connectivity index (χ1n) is 4.91. The third-order valence-electron chi connectivity index (χ3n) is 1.82. The first kappa shape index (κ1) is 13.3. The largest absolute Gasteiger partial charge is 0.444 e. The van der Waals surface area contributed by atoms with Crippen LogP contribution >= 0.6 is 11.9 Å². The van der Waals surface area contributed by atoms with Gasteiger partial charge in [0.05, 0.1) is 4.92 Å². The Balaban J connectivity index is 2.42. The van der Waals surface area contributed by atoms with Crippen molar-refractivity contribution in [1.82, 2.24) is 4.72 Å². The highest BCUT2D eigenvalue weighted by molar-refractivity contribution is 7.97. The lowest BCUT2D eigenvalue weighted by molar-refractivity contribution is -0.384. The van der Waals surface area contributed by atoms with Gasteiger partial charge in [-0.3, -0.25) is 14.8 Å². The van der Waals surface area contributed by atoms with Crippen LogP contribution in [0.5, 0.6) is 0 Å². The zero-order valence-corrected chi connectivity index (χ0v) is 10.0. The summed E-state index contributed by atoms with van der Waals surface area (Å²) in [6, 6.07) is 5.85. The molecule has 1 amide bonds. The van der Waals surface area contributed by atoms with Gasteiger partial charge >= 0.3 is 6.09 Å². The number of carbonyl (C=O) groups excluding carboxylic acids is 1. The van der Waals surface area contributed by atoms with Crippen molar-refractivity contribution in [2.75, 3.05) is 5.75 Å². The summed E-state index contributed by atoms with van der Waals surface area (Å²) in [5.74, 6) is 0.757. The summed E-state index contributed by atoms with van der Waals surface area (Å²) >= 11 is 1.24. The minimum Gasteiger partial charge on any atom is -0.444 e. The van der Waals surface area contributed by atoms with E-state index in [1.165, 1.54) is 24.1 Å². The Labute approximate surface area is 103 Å². The molecule has 0 spiro atoms. The van der Waals surface area contributed by atoms with Gasteiger partial charge in [0.15, 0.2) is 0 Å². The number of ether oxygens (including phenoxy) is 1. The van der Waals surface area contributed by atoms with Crippen molar-refractivity contribution in [3.05, 3.63) is 39.9 Å². The smallest absolute Gasteiger partial charge is 0.417 e. The monoisotopic (exact) mass is 256 g/mol. The van der Waals surface area contributed by atoms with Crippen LogP contribution in [0.4, 0.5) is 10.5 Å². The van der Waals surface area contributed by atoms with Crippen LogP contribution in [0.15, 0.2) is 24.3 Å². The van der Waals surface area contributed by atoms with Gasteiger partial charge in [0.25, 0.3) is 5.69 Å². The fraction of sp³-hybridized carbons (Fsp3) is 0.300. The van der Waals surface area contributed by atoms with Gasteiger partial charge in [0.1, 0.15) is 6.61 Å². The summed E-state index contributed by atoms with van der Waals surface area (Å²) in [5.41, 5.74) is 0.715. The molecule has 17 heavy (non-hydrogen) atoms. The molecule has 0 atom stereocenters. The third kappa shape index (κ3) is 4.73. The number of amides is 1. The molecule has 1 rings (SSSR count). The molecule has 1 N–H and O–H groups in total. The molecule has 0 aromatic heterocycles. The zero-order chi connectivity index (χ0) is 12.7. The van der Waals surface area contributed by atoms with Crippen molar-refractivity contribution < 1.29 is 14.5 Å². The predicted molar refractivity (Wildman–Crippen MR) is 64.5 cm³/mol. The fourth-order valence-electron chi connectivity index (χ4n) is 1.02. The lowest BCUT2D eigenvalue weighted by Crippen LogP contribution is -2.17. The lowest BCUT2D eigenvalue weighted by atomic mass is 10.2. The van der Waals surface area contributed by atoms with E-state index >= 15 is 0 Å². The molecule has 0 bridgehead atoms. The van der Waals surface area contributed by atoms with E-state index in [0.717, 1.165) is 5.75 Å². The van der Waals surface area contributed by atoms with Crippen LogP contribution in [-0.4, -0.2) is 16.8 Å². The molecule has 1 aromatic rings. The summed E-state index contributed by atoms with van der Waals surface area (Å²) in [4.78, 5) is 21.0. The van der Waals surface area contributed by atoms with Crippen LogP contribution < -0.4 is 4.72 Å². The van der Waals surface area contributed by atoms with Crippen LogP contribution in [0, 0.1) is 10.1 Å². The van der Waals surface area contributed by atoms with Crippen molar-refractivity contribution in [2.45, 2.75) is 13.5 Å². The molecule has 0 aliphatic carbocycles. The summed E-state index contributed by atoms with van der Waals surface area (Å²) in [7, 11) is 0. The van der Waals surface area contributed by atoms with Crippen LogP contribution in [0.25, 0.3) is 0 Å². The number of hydrogen-bond acceptors (Lipinski definition) is 5. The number of non-ortho nitro benzene ring substituents is 1. The molecule has 0 saturated carbocycles. The van der Waals surface area contributed by atoms with Crippen LogP contribution in [0.2, 0.25) is 0 Å². The molecule has 0 saturated heterocycles. The van der Waals surface area contributed by atoms with Gasteiger partial charge in [-0.1, -0.05) is 6.92 Å². The SMILES string of the molecule is CCSNC(=O)OCc1ccc([N+](=O)[O-])cc1. The number of nitrogens with one attached hydrogen (secondary N) is 1. The maximum atomic E-state index is 11.1. The Hall–Kier alpha value is -1.76. The first-order valence-corrected chi connectivity index (χ1v) is 5.90. The van der Waals surface area contributed by atoms with Gasteiger partial charge in [0, 0.05) is 17.9 Å². The summed E-state index contributed by atoms with van der Waals surface area (Å²) < 4.78 is 7.37. The van der Waals surface area contributed by atoms with Gasteiger partial charge in [-0.05, 0) is 29.6 Å². The highest BCUT2D eigenvalue weighted by Gasteiger charge is 2.05. The van der Waals surface area contributed by atoms with E-state index < -0.39 is 11.0 Å². The van der Waals surface area contributed by atoms with Crippen LogP contribution in [0.1, 0.15) is 12.5 Å². The lowest BCUT2D eigenvalue weighted by Gasteiger charge is -2.05. The van der Waals surface area contributed by atoms with Gasteiger partial charge in [-0.2, -0.15) is 0 Å². The molecular weight excluding hydrogens is 244 g/mol. The van der Waals surface area contributed by atoms with Crippen LogP contribution in [0.3, 0.4) is 0 Å². The van der Waals surface area contributed by atoms with Gasteiger partial charge in [-0.15, -0.1) is 0 Å². The quantitative estimate of drug-likeness (QED) is 0.497. The average molecular weight is 256 g/mol. The number of rotatable bonds is 5. The topological polar surface area (TPSA) is 81.5 Å². The molecule has 0 fully saturated rings. The predicted octanol–water partition coefficient (Wildman–Crippen LogP) is 2.49. The van der Waals surface area contributed by atoms with E-state index in [4.69, 9.17) is 4.74 Å². The number of nitro groups is 1. The third-order valence-corrected chi connectivity index (χ3v) is 2.42. The summed E-state index contributed by atoms with van der Waals surface area (Å²) in [6.45, 7) is 2.00. The van der Waals surface area contributed by atoms with Gasteiger partial charge in [0.2, 0.25) is 0 Å².